The largest absolute Gasteiger partial charge is 0.322 e. The SMILES string of the molecule is O=Nc1cccc(NC(=O)c2ccc(-c3ccccc3)c(CN3CCCCC3)c2)c1. The van der Waals surface area contributed by atoms with Crippen LogP contribution in [0.2, 0.25) is 0 Å². The number of amides is 1. The lowest BCUT2D eigenvalue weighted by Gasteiger charge is -2.27. The highest BCUT2D eigenvalue weighted by molar-refractivity contribution is 6.05. The van der Waals surface area contributed by atoms with Crippen molar-refractivity contribution >= 4 is 17.3 Å². The van der Waals surface area contributed by atoms with Crippen molar-refractivity contribution in [2.24, 2.45) is 5.18 Å². The molecule has 1 aliphatic heterocycles. The predicted octanol–water partition coefficient (Wildman–Crippen LogP) is 5.99. The molecule has 1 N–H and O–H groups in total. The zero-order valence-electron chi connectivity index (χ0n) is 16.9. The van der Waals surface area contributed by atoms with E-state index in [1.165, 1.54) is 19.3 Å². The van der Waals surface area contributed by atoms with E-state index in [1.54, 1.807) is 24.3 Å². The molecule has 4 rings (SSSR count). The Hall–Kier alpha value is -3.31. The van der Waals surface area contributed by atoms with Gasteiger partial charge in [-0.2, -0.15) is 0 Å². The lowest BCUT2D eigenvalue weighted by Crippen LogP contribution is -2.29. The van der Waals surface area contributed by atoms with Crippen LogP contribution in [0, 0.1) is 4.91 Å². The van der Waals surface area contributed by atoms with E-state index in [4.69, 9.17) is 0 Å². The van der Waals surface area contributed by atoms with Gasteiger partial charge in [0, 0.05) is 17.8 Å². The minimum Gasteiger partial charge on any atom is -0.322 e. The summed E-state index contributed by atoms with van der Waals surface area (Å²) in [5, 5.41) is 5.80. The van der Waals surface area contributed by atoms with Crippen LogP contribution in [0.4, 0.5) is 11.4 Å². The molecule has 152 valence electrons. The molecule has 0 bridgehead atoms. The molecule has 1 fully saturated rings. The van der Waals surface area contributed by atoms with Crippen LogP contribution in [0.5, 0.6) is 0 Å². The molecule has 30 heavy (non-hydrogen) atoms. The minimum absolute atomic E-state index is 0.197. The van der Waals surface area contributed by atoms with Crippen molar-refractivity contribution in [3.63, 3.8) is 0 Å². The van der Waals surface area contributed by atoms with E-state index < -0.39 is 0 Å². The summed E-state index contributed by atoms with van der Waals surface area (Å²) in [5.41, 5.74) is 4.91. The first-order valence-electron chi connectivity index (χ1n) is 10.4. The molecule has 0 unspecified atom stereocenters. The molecule has 0 radical (unpaired) electrons. The second-order valence-corrected chi connectivity index (χ2v) is 7.67. The summed E-state index contributed by atoms with van der Waals surface area (Å²) >= 11 is 0. The van der Waals surface area contributed by atoms with Gasteiger partial charge in [0.2, 0.25) is 0 Å². The summed E-state index contributed by atoms with van der Waals surface area (Å²) in [6.07, 6.45) is 3.74. The van der Waals surface area contributed by atoms with Gasteiger partial charge in [-0.05, 0) is 78.1 Å². The fourth-order valence-corrected chi connectivity index (χ4v) is 3.97. The second-order valence-electron chi connectivity index (χ2n) is 7.67. The molecule has 0 spiro atoms. The van der Waals surface area contributed by atoms with Crippen LogP contribution in [0.3, 0.4) is 0 Å². The number of benzene rings is 3. The van der Waals surface area contributed by atoms with E-state index >= 15 is 0 Å². The molecule has 0 atom stereocenters. The van der Waals surface area contributed by atoms with E-state index in [1.807, 2.05) is 36.4 Å². The molecular formula is C25H25N3O2. The van der Waals surface area contributed by atoms with Crippen LogP contribution < -0.4 is 5.32 Å². The molecule has 3 aromatic carbocycles. The van der Waals surface area contributed by atoms with Crippen LogP contribution in [-0.4, -0.2) is 23.9 Å². The number of piperidine rings is 1. The number of hydrogen-bond donors (Lipinski definition) is 1. The lowest BCUT2D eigenvalue weighted by atomic mass is 9.96. The number of nitrogens with zero attached hydrogens (tertiary/aromatic N) is 2. The van der Waals surface area contributed by atoms with Gasteiger partial charge in [0.25, 0.3) is 5.91 Å². The third-order valence-corrected chi connectivity index (χ3v) is 5.50. The summed E-state index contributed by atoms with van der Waals surface area (Å²) in [7, 11) is 0. The fourth-order valence-electron chi connectivity index (χ4n) is 3.97. The van der Waals surface area contributed by atoms with Gasteiger partial charge in [0.15, 0.2) is 0 Å². The molecular weight excluding hydrogens is 374 g/mol. The molecule has 3 aromatic rings. The Bertz CT molecular complexity index is 1030. The number of carbonyl (C=O) groups is 1. The van der Waals surface area contributed by atoms with Gasteiger partial charge in [-0.3, -0.25) is 9.69 Å². The van der Waals surface area contributed by atoms with Crippen LogP contribution in [0.25, 0.3) is 11.1 Å². The Labute approximate surface area is 176 Å². The molecule has 1 aliphatic rings. The second kappa shape index (κ2) is 9.46. The molecule has 1 saturated heterocycles. The number of nitrogens with one attached hydrogen (secondary N) is 1. The van der Waals surface area contributed by atoms with Crippen LogP contribution >= 0.6 is 0 Å². The Morgan fingerprint density at radius 3 is 2.47 bits per heavy atom. The van der Waals surface area contributed by atoms with Gasteiger partial charge in [-0.1, -0.05) is 48.9 Å². The zero-order chi connectivity index (χ0) is 20.8. The van der Waals surface area contributed by atoms with Crippen molar-refractivity contribution in [3.05, 3.63) is 88.8 Å². The van der Waals surface area contributed by atoms with Crippen molar-refractivity contribution in [3.8, 4) is 11.1 Å². The first-order valence-corrected chi connectivity index (χ1v) is 10.4. The van der Waals surface area contributed by atoms with Gasteiger partial charge in [0.1, 0.15) is 5.69 Å². The predicted molar refractivity (Wildman–Crippen MR) is 121 cm³/mol. The Kier molecular flexibility index (Phi) is 6.30. The molecule has 0 aliphatic carbocycles. The van der Waals surface area contributed by atoms with Crippen molar-refractivity contribution in [2.75, 3.05) is 18.4 Å². The van der Waals surface area contributed by atoms with Crippen LogP contribution in [0.1, 0.15) is 35.2 Å². The van der Waals surface area contributed by atoms with E-state index in [-0.39, 0.29) is 11.6 Å². The molecule has 1 heterocycles. The molecule has 0 saturated carbocycles. The number of anilines is 1. The minimum atomic E-state index is -0.197. The molecule has 0 aromatic heterocycles. The van der Waals surface area contributed by atoms with E-state index in [0.717, 1.165) is 36.3 Å². The normalized spacial score (nSPS) is 14.3. The summed E-state index contributed by atoms with van der Waals surface area (Å²) in [5.74, 6) is -0.197. The number of rotatable bonds is 6. The van der Waals surface area contributed by atoms with E-state index in [2.05, 4.69) is 27.5 Å². The van der Waals surface area contributed by atoms with Crippen molar-refractivity contribution in [1.82, 2.24) is 4.90 Å². The Morgan fingerprint density at radius 1 is 0.900 bits per heavy atom. The number of nitroso groups, excluding NO2 is 1. The summed E-state index contributed by atoms with van der Waals surface area (Å²) in [6, 6.07) is 22.8. The maximum absolute atomic E-state index is 12.9. The fraction of sp³-hybridized carbons (Fsp3) is 0.240. The summed E-state index contributed by atoms with van der Waals surface area (Å²) in [4.78, 5) is 26.1. The average Bonchev–Trinajstić information content (AvgIpc) is 2.80. The van der Waals surface area contributed by atoms with Gasteiger partial charge in [-0.15, -0.1) is 4.91 Å². The van der Waals surface area contributed by atoms with E-state index in [0.29, 0.717) is 11.3 Å². The van der Waals surface area contributed by atoms with Crippen molar-refractivity contribution in [1.29, 1.82) is 0 Å². The summed E-state index contributed by atoms with van der Waals surface area (Å²) < 4.78 is 0. The van der Waals surface area contributed by atoms with Crippen LogP contribution in [-0.2, 0) is 6.54 Å². The topological polar surface area (TPSA) is 61.8 Å². The quantitative estimate of drug-likeness (QED) is 0.518. The maximum Gasteiger partial charge on any atom is 0.255 e. The highest BCUT2D eigenvalue weighted by Gasteiger charge is 2.16. The van der Waals surface area contributed by atoms with Crippen molar-refractivity contribution < 1.29 is 4.79 Å². The highest BCUT2D eigenvalue weighted by atomic mass is 16.3. The average molecular weight is 399 g/mol. The summed E-state index contributed by atoms with van der Waals surface area (Å²) in [6.45, 7) is 3.02. The van der Waals surface area contributed by atoms with Crippen molar-refractivity contribution in [2.45, 2.75) is 25.8 Å². The third kappa shape index (κ3) is 4.81. The van der Waals surface area contributed by atoms with Crippen LogP contribution in [0.15, 0.2) is 78.0 Å². The van der Waals surface area contributed by atoms with Gasteiger partial charge < -0.3 is 5.32 Å². The van der Waals surface area contributed by atoms with E-state index in [9.17, 15) is 9.70 Å². The Morgan fingerprint density at radius 2 is 1.70 bits per heavy atom. The molecule has 5 nitrogen and oxygen atoms in total. The van der Waals surface area contributed by atoms with Gasteiger partial charge >= 0.3 is 0 Å². The third-order valence-electron chi connectivity index (χ3n) is 5.50. The zero-order valence-corrected chi connectivity index (χ0v) is 16.9. The highest BCUT2D eigenvalue weighted by Crippen LogP contribution is 2.27. The number of likely N-dealkylation sites (tertiary alicyclic amines) is 1. The smallest absolute Gasteiger partial charge is 0.255 e. The number of carbonyl (C=O) groups excluding carboxylic acids is 1. The molecule has 5 heteroatoms. The first kappa shape index (κ1) is 20.0. The first-order chi connectivity index (χ1) is 14.7. The monoisotopic (exact) mass is 399 g/mol. The van der Waals surface area contributed by atoms with Gasteiger partial charge in [0.05, 0.1) is 0 Å². The lowest BCUT2D eigenvalue weighted by molar-refractivity contribution is 0.102. The van der Waals surface area contributed by atoms with Gasteiger partial charge in [-0.25, -0.2) is 0 Å². The Balaban J connectivity index is 1.62. The molecule has 1 amide bonds. The maximum atomic E-state index is 12.9. The standard InChI is InChI=1S/C25H25N3O2/c29-25(26-22-10-7-11-23(17-22)27-30)20-12-13-24(19-8-3-1-4-9-19)21(16-20)18-28-14-5-2-6-15-28/h1,3-4,7-13,16-17H,2,5-6,14-15,18H2,(H,26,29). The number of hydrogen-bond acceptors (Lipinski definition) is 4.